The Bertz CT molecular complexity index is 751. The second-order valence-electron chi connectivity index (χ2n) is 4.58. The highest BCUT2D eigenvalue weighted by atomic mass is 32.2. The van der Waals surface area contributed by atoms with Crippen molar-refractivity contribution in [3.8, 4) is 5.69 Å². The second kappa shape index (κ2) is 5.93. The highest BCUT2D eigenvalue weighted by Crippen LogP contribution is 2.17. The first-order valence-corrected chi connectivity index (χ1v) is 8.10. The lowest BCUT2D eigenvalue weighted by Crippen LogP contribution is -1.97. The molecule has 0 spiro atoms. The van der Waals surface area contributed by atoms with E-state index in [2.05, 4.69) is 10.4 Å². The van der Waals surface area contributed by atoms with Crippen LogP contribution >= 0.6 is 0 Å². The zero-order valence-electron chi connectivity index (χ0n) is 11.6. The highest BCUT2D eigenvalue weighted by Gasteiger charge is 2.02. The third kappa shape index (κ3) is 3.20. The van der Waals surface area contributed by atoms with Crippen molar-refractivity contribution in [2.45, 2.75) is 4.90 Å². The largest absolute Gasteiger partial charge is 0.339 e. The summed E-state index contributed by atoms with van der Waals surface area (Å²) in [6, 6.07) is 19.4. The van der Waals surface area contributed by atoms with Crippen LogP contribution in [0.1, 0.15) is 0 Å². The molecule has 1 unspecified atom stereocenters. The standard InChI is InChI=1S/C16H15N3OS/c1-21(20)15-9-7-13(8-10-15)17-16-11-12-19(18-16)14-5-3-2-4-6-14/h2-12H,1H3,(H,17,18). The summed E-state index contributed by atoms with van der Waals surface area (Å²) in [5.41, 5.74) is 1.93. The van der Waals surface area contributed by atoms with Gasteiger partial charge in [0, 0.05) is 39.9 Å². The van der Waals surface area contributed by atoms with E-state index in [9.17, 15) is 4.21 Å². The van der Waals surface area contributed by atoms with Gasteiger partial charge in [0.15, 0.2) is 5.82 Å². The van der Waals surface area contributed by atoms with Gasteiger partial charge >= 0.3 is 0 Å². The van der Waals surface area contributed by atoms with Gasteiger partial charge in [0.2, 0.25) is 0 Å². The van der Waals surface area contributed by atoms with E-state index < -0.39 is 10.8 Å². The summed E-state index contributed by atoms with van der Waals surface area (Å²) < 4.78 is 13.2. The van der Waals surface area contributed by atoms with E-state index in [1.165, 1.54) is 0 Å². The fourth-order valence-electron chi connectivity index (χ4n) is 1.99. The topological polar surface area (TPSA) is 46.9 Å². The van der Waals surface area contributed by atoms with Crippen LogP contribution in [0.2, 0.25) is 0 Å². The van der Waals surface area contributed by atoms with Crippen LogP contribution in [0.25, 0.3) is 5.69 Å². The molecule has 4 nitrogen and oxygen atoms in total. The molecule has 1 atom stereocenters. The lowest BCUT2D eigenvalue weighted by Gasteiger charge is -2.04. The Morgan fingerprint density at radius 1 is 1.00 bits per heavy atom. The molecule has 3 rings (SSSR count). The molecule has 0 aliphatic heterocycles. The van der Waals surface area contributed by atoms with Crippen molar-refractivity contribution in [3.05, 3.63) is 66.9 Å². The minimum absolute atomic E-state index is 0.768. The Morgan fingerprint density at radius 3 is 2.38 bits per heavy atom. The van der Waals surface area contributed by atoms with Gasteiger partial charge in [0.05, 0.1) is 5.69 Å². The van der Waals surface area contributed by atoms with Gasteiger partial charge in [-0.05, 0) is 36.4 Å². The number of hydrogen-bond donors (Lipinski definition) is 1. The van der Waals surface area contributed by atoms with Crippen molar-refractivity contribution < 1.29 is 4.21 Å². The summed E-state index contributed by atoms with van der Waals surface area (Å²) in [5, 5.41) is 7.71. The van der Waals surface area contributed by atoms with Crippen molar-refractivity contribution in [1.29, 1.82) is 0 Å². The molecule has 0 saturated heterocycles. The van der Waals surface area contributed by atoms with Crippen molar-refractivity contribution >= 4 is 22.3 Å². The van der Waals surface area contributed by atoms with Crippen LogP contribution in [0, 0.1) is 0 Å². The zero-order chi connectivity index (χ0) is 14.7. The Balaban J connectivity index is 1.77. The number of nitrogens with one attached hydrogen (secondary N) is 1. The molecule has 2 aromatic carbocycles. The normalized spacial score (nSPS) is 12.0. The van der Waals surface area contributed by atoms with E-state index in [-0.39, 0.29) is 0 Å². The molecule has 5 heteroatoms. The Kier molecular flexibility index (Phi) is 3.83. The summed E-state index contributed by atoms with van der Waals surface area (Å²) in [4.78, 5) is 0.815. The van der Waals surface area contributed by atoms with E-state index in [0.29, 0.717) is 0 Å². The van der Waals surface area contributed by atoms with Crippen molar-refractivity contribution in [2.24, 2.45) is 0 Å². The van der Waals surface area contributed by atoms with Crippen molar-refractivity contribution in [3.63, 3.8) is 0 Å². The van der Waals surface area contributed by atoms with Crippen LogP contribution in [-0.2, 0) is 10.8 Å². The van der Waals surface area contributed by atoms with Crippen LogP contribution in [-0.4, -0.2) is 20.2 Å². The summed E-state index contributed by atoms with van der Waals surface area (Å²) in [6.45, 7) is 0. The maximum atomic E-state index is 11.4. The number of anilines is 2. The van der Waals surface area contributed by atoms with E-state index in [0.717, 1.165) is 22.1 Å². The molecule has 0 aliphatic rings. The lowest BCUT2D eigenvalue weighted by molar-refractivity contribution is 0.687. The first kappa shape index (κ1) is 13.6. The molecule has 21 heavy (non-hydrogen) atoms. The molecule has 1 N–H and O–H groups in total. The Labute approximate surface area is 125 Å². The Hall–Kier alpha value is -2.40. The van der Waals surface area contributed by atoms with Crippen LogP contribution < -0.4 is 5.32 Å². The molecular weight excluding hydrogens is 282 g/mol. The summed E-state index contributed by atoms with van der Waals surface area (Å²) in [6.07, 6.45) is 3.58. The fourth-order valence-corrected chi connectivity index (χ4v) is 2.51. The molecule has 1 heterocycles. The van der Waals surface area contributed by atoms with Gasteiger partial charge in [-0.25, -0.2) is 4.68 Å². The predicted molar refractivity (Wildman–Crippen MR) is 85.6 cm³/mol. The van der Waals surface area contributed by atoms with Crippen molar-refractivity contribution in [2.75, 3.05) is 11.6 Å². The number of hydrogen-bond acceptors (Lipinski definition) is 3. The number of aromatic nitrogens is 2. The third-order valence-electron chi connectivity index (χ3n) is 3.07. The molecule has 0 radical (unpaired) electrons. The molecule has 3 aromatic rings. The lowest BCUT2D eigenvalue weighted by atomic mass is 10.3. The van der Waals surface area contributed by atoms with Gasteiger partial charge in [-0.3, -0.25) is 4.21 Å². The molecule has 0 fully saturated rings. The van der Waals surface area contributed by atoms with E-state index in [1.807, 2.05) is 71.5 Å². The summed E-state index contributed by atoms with van der Waals surface area (Å²) >= 11 is 0. The van der Waals surface area contributed by atoms with Crippen LogP contribution in [0.4, 0.5) is 11.5 Å². The molecule has 1 aromatic heterocycles. The number of para-hydroxylation sites is 1. The average molecular weight is 297 g/mol. The fraction of sp³-hybridized carbons (Fsp3) is 0.0625. The highest BCUT2D eigenvalue weighted by molar-refractivity contribution is 7.84. The van der Waals surface area contributed by atoms with Gasteiger partial charge in [0.25, 0.3) is 0 Å². The zero-order valence-corrected chi connectivity index (χ0v) is 12.4. The molecule has 0 amide bonds. The molecular formula is C16H15N3OS. The van der Waals surface area contributed by atoms with Gasteiger partial charge in [-0.1, -0.05) is 18.2 Å². The minimum atomic E-state index is -0.952. The van der Waals surface area contributed by atoms with Gasteiger partial charge in [-0.2, -0.15) is 5.10 Å². The van der Waals surface area contributed by atoms with Crippen LogP contribution in [0.3, 0.4) is 0 Å². The quantitative estimate of drug-likeness (QED) is 0.803. The van der Waals surface area contributed by atoms with Gasteiger partial charge < -0.3 is 5.32 Å². The second-order valence-corrected chi connectivity index (χ2v) is 5.96. The molecule has 0 aliphatic carbocycles. The monoisotopic (exact) mass is 297 g/mol. The minimum Gasteiger partial charge on any atom is -0.339 e. The van der Waals surface area contributed by atoms with Crippen LogP contribution in [0.15, 0.2) is 71.8 Å². The smallest absolute Gasteiger partial charge is 0.152 e. The average Bonchev–Trinajstić information content (AvgIpc) is 2.97. The van der Waals surface area contributed by atoms with Gasteiger partial charge in [-0.15, -0.1) is 0 Å². The summed E-state index contributed by atoms with van der Waals surface area (Å²) in [5.74, 6) is 0.768. The maximum Gasteiger partial charge on any atom is 0.152 e. The van der Waals surface area contributed by atoms with E-state index in [4.69, 9.17) is 0 Å². The van der Waals surface area contributed by atoms with Crippen molar-refractivity contribution in [1.82, 2.24) is 9.78 Å². The Morgan fingerprint density at radius 2 is 1.71 bits per heavy atom. The van der Waals surface area contributed by atoms with E-state index in [1.54, 1.807) is 6.26 Å². The predicted octanol–water partition coefficient (Wildman–Crippen LogP) is 3.35. The SMILES string of the molecule is CS(=O)c1ccc(Nc2ccn(-c3ccccc3)n2)cc1. The first-order chi connectivity index (χ1) is 10.2. The molecule has 0 saturated carbocycles. The molecule has 0 bridgehead atoms. The number of benzene rings is 2. The first-order valence-electron chi connectivity index (χ1n) is 6.54. The maximum absolute atomic E-state index is 11.4. The summed E-state index contributed by atoms with van der Waals surface area (Å²) in [7, 11) is -0.952. The number of rotatable bonds is 4. The third-order valence-corrected chi connectivity index (χ3v) is 4.00. The van der Waals surface area contributed by atoms with E-state index >= 15 is 0 Å². The van der Waals surface area contributed by atoms with Crippen LogP contribution in [0.5, 0.6) is 0 Å². The van der Waals surface area contributed by atoms with Gasteiger partial charge in [0.1, 0.15) is 0 Å². The number of nitrogens with zero attached hydrogens (tertiary/aromatic N) is 2. The molecule has 106 valence electrons.